The molecule has 2 aromatic carbocycles. The van der Waals surface area contributed by atoms with Crippen molar-refractivity contribution in [2.45, 2.75) is 37.7 Å². The van der Waals surface area contributed by atoms with Crippen LogP contribution in [0.25, 0.3) is 0 Å². The van der Waals surface area contributed by atoms with E-state index < -0.39 is 54.0 Å². The first-order chi connectivity index (χ1) is 19.3. The SMILES string of the molecule is COc1cc(C)c([C@@H]2CN(c3cccn(CC(F)(F)F)c3=O)C(=O)[C@H]2NC(=O)c2ccc(OC(F)P)cc2)c(F)c1. The minimum Gasteiger partial charge on any atom is -0.497 e. The lowest BCUT2D eigenvalue weighted by Gasteiger charge is -2.21. The molecular weight excluding hydrogens is 572 g/mol. The van der Waals surface area contributed by atoms with E-state index in [4.69, 9.17) is 9.47 Å². The summed E-state index contributed by atoms with van der Waals surface area (Å²) in [6, 6.07) is 8.97. The Kier molecular flexibility index (Phi) is 8.67. The summed E-state index contributed by atoms with van der Waals surface area (Å²) >= 11 is 0. The fourth-order valence-electron chi connectivity index (χ4n) is 4.77. The Bertz CT molecular complexity index is 1490. The molecule has 0 bridgehead atoms. The quantitative estimate of drug-likeness (QED) is 0.309. The van der Waals surface area contributed by atoms with Crippen molar-refractivity contribution in [1.82, 2.24) is 9.88 Å². The van der Waals surface area contributed by atoms with Crippen LogP contribution >= 0.6 is 9.24 Å². The van der Waals surface area contributed by atoms with Gasteiger partial charge in [-0.1, -0.05) is 9.24 Å². The first-order valence-corrected chi connectivity index (χ1v) is 12.8. The van der Waals surface area contributed by atoms with E-state index in [0.29, 0.717) is 10.1 Å². The van der Waals surface area contributed by atoms with Crippen LogP contribution in [0.15, 0.2) is 59.5 Å². The zero-order valence-electron chi connectivity index (χ0n) is 21.7. The molecule has 218 valence electrons. The number of alkyl halides is 4. The number of rotatable bonds is 8. The van der Waals surface area contributed by atoms with Crippen molar-refractivity contribution in [2.75, 3.05) is 18.6 Å². The van der Waals surface area contributed by atoms with Gasteiger partial charge in [0.15, 0.2) is 0 Å². The Morgan fingerprint density at radius 1 is 1.15 bits per heavy atom. The third-order valence-electron chi connectivity index (χ3n) is 6.52. The second-order valence-corrected chi connectivity index (χ2v) is 9.81. The van der Waals surface area contributed by atoms with Crippen molar-refractivity contribution in [1.29, 1.82) is 0 Å². The third kappa shape index (κ3) is 6.67. The Morgan fingerprint density at radius 3 is 2.41 bits per heavy atom. The van der Waals surface area contributed by atoms with Crippen LogP contribution in [0.1, 0.15) is 27.4 Å². The molecule has 2 unspecified atom stereocenters. The van der Waals surface area contributed by atoms with Crippen LogP contribution in [0.3, 0.4) is 0 Å². The van der Waals surface area contributed by atoms with Gasteiger partial charge in [-0.05, 0) is 60.5 Å². The standard InChI is InChI=1S/C27H25F5N3O5P/c1-14-10-17(39-2)11-19(28)21(14)18-12-35(20-4-3-9-34(24(20)37)13-27(30,31)32)25(38)22(18)33-23(36)15-5-7-16(8-6-15)40-26(29)41/h3-11,18,22,26H,12-13,41H2,1-2H3,(H,33,36)/t18-,22-,26?/m0/s1. The monoisotopic (exact) mass is 597 g/mol. The largest absolute Gasteiger partial charge is 0.497 e. The number of carbonyl (C=O) groups is 2. The van der Waals surface area contributed by atoms with E-state index in [9.17, 15) is 31.9 Å². The highest BCUT2D eigenvalue weighted by Gasteiger charge is 2.45. The number of hydrogen-bond acceptors (Lipinski definition) is 5. The van der Waals surface area contributed by atoms with Gasteiger partial charge in [0, 0.05) is 30.3 Å². The highest BCUT2D eigenvalue weighted by molar-refractivity contribution is 7.16. The predicted molar refractivity (Wildman–Crippen MR) is 142 cm³/mol. The summed E-state index contributed by atoms with van der Waals surface area (Å²) in [4.78, 5) is 40.7. The van der Waals surface area contributed by atoms with E-state index >= 15 is 4.39 Å². The van der Waals surface area contributed by atoms with Gasteiger partial charge in [0.25, 0.3) is 11.5 Å². The number of nitrogens with one attached hydrogen (secondary N) is 1. The number of aromatic nitrogens is 1. The number of amides is 2. The number of pyridine rings is 1. The van der Waals surface area contributed by atoms with E-state index in [0.717, 1.165) is 17.2 Å². The van der Waals surface area contributed by atoms with Gasteiger partial charge >= 0.3 is 6.18 Å². The van der Waals surface area contributed by atoms with Crippen LogP contribution in [0, 0.1) is 12.7 Å². The van der Waals surface area contributed by atoms with Gasteiger partial charge in [0.1, 0.15) is 35.6 Å². The van der Waals surface area contributed by atoms with Gasteiger partial charge in [-0.3, -0.25) is 14.4 Å². The summed E-state index contributed by atoms with van der Waals surface area (Å²) in [5.41, 5.74) is -0.901. The van der Waals surface area contributed by atoms with Crippen molar-refractivity contribution < 1.29 is 41.0 Å². The normalized spacial score (nSPS) is 17.9. The summed E-state index contributed by atoms with van der Waals surface area (Å²) in [6.07, 6.45) is -5.42. The number of carbonyl (C=O) groups excluding carboxylic acids is 2. The van der Waals surface area contributed by atoms with Crippen LogP contribution in [-0.4, -0.2) is 48.4 Å². The highest BCUT2D eigenvalue weighted by Crippen LogP contribution is 2.36. The molecule has 1 aliphatic heterocycles. The van der Waals surface area contributed by atoms with Gasteiger partial charge in [0.2, 0.25) is 12.0 Å². The zero-order valence-corrected chi connectivity index (χ0v) is 22.9. The number of nitrogens with zero attached hydrogens (tertiary/aromatic N) is 2. The molecule has 4 atom stereocenters. The molecule has 1 aromatic heterocycles. The van der Waals surface area contributed by atoms with E-state index in [1.807, 2.05) is 9.24 Å². The lowest BCUT2D eigenvalue weighted by Crippen LogP contribution is -2.44. The maximum atomic E-state index is 15.4. The van der Waals surface area contributed by atoms with Gasteiger partial charge < -0.3 is 24.3 Å². The number of benzene rings is 2. The molecular formula is C27H25F5N3O5P. The molecule has 0 aliphatic carbocycles. The molecule has 3 aromatic rings. The van der Waals surface area contributed by atoms with Gasteiger partial charge in [0.05, 0.1) is 7.11 Å². The lowest BCUT2D eigenvalue weighted by molar-refractivity contribution is -0.141. The second kappa shape index (κ2) is 11.9. The number of anilines is 1. The topological polar surface area (TPSA) is 89.9 Å². The molecule has 1 fully saturated rings. The zero-order chi connectivity index (χ0) is 30.1. The van der Waals surface area contributed by atoms with Crippen LogP contribution in [0.4, 0.5) is 27.6 Å². The molecule has 1 saturated heterocycles. The first kappa shape index (κ1) is 30.0. The molecule has 2 amide bonds. The summed E-state index contributed by atoms with van der Waals surface area (Å²) < 4.78 is 77.9. The number of halogens is 5. The maximum absolute atomic E-state index is 15.4. The van der Waals surface area contributed by atoms with Crippen molar-refractivity contribution in [3.05, 3.63) is 87.6 Å². The summed E-state index contributed by atoms with van der Waals surface area (Å²) in [5.74, 6) is -2.96. The van der Waals surface area contributed by atoms with Gasteiger partial charge in [-0.25, -0.2) is 4.39 Å². The highest BCUT2D eigenvalue weighted by atomic mass is 31.0. The number of ether oxygens (including phenoxy) is 2. The van der Waals surface area contributed by atoms with Crippen molar-refractivity contribution >= 4 is 26.7 Å². The summed E-state index contributed by atoms with van der Waals surface area (Å²) in [5, 5.41) is 2.57. The van der Waals surface area contributed by atoms with Crippen molar-refractivity contribution in [3.8, 4) is 11.5 Å². The lowest BCUT2D eigenvalue weighted by atomic mass is 9.89. The minimum absolute atomic E-state index is 0.0664. The molecule has 0 saturated carbocycles. The molecule has 8 nitrogen and oxygen atoms in total. The van der Waals surface area contributed by atoms with Crippen molar-refractivity contribution in [2.24, 2.45) is 0 Å². The summed E-state index contributed by atoms with van der Waals surface area (Å²) in [6.45, 7) is -0.302. The fourth-order valence-corrected chi connectivity index (χ4v) is 4.92. The van der Waals surface area contributed by atoms with Crippen LogP contribution in [0.5, 0.6) is 11.5 Å². The molecule has 2 heterocycles. The molecule has 1 aliphatic rings. The third-order valence-corrected chi connectivity index (χ3v) is 6.66. The van der Waals surface area contributed by atoms with Gasteiger partial charge in [-0.2, -0.15) is 17.6 Å². The molecule has 14 heteroatoms. The number of methoxy groups -OCH3 is 1. The van der Waals surface area contributed by atoms with Crippen molar-refractivity contribution in [3.63, 3.8) is 0 Å². The Labute approximate surface area is 233 Å². The van der Waals surface area contributed by atoms with Crippen LogP contribution in [0.2, 0.25) is 0 Å². The average Bonchev–Trinajstić information content (AvgIpc) is 3.19. The Morgan fingerprint density at radius 2 is 1.83 bits per heavy atom. The fraction of sp³-hybridized carbons (Fsp3) is 0.296. The Balaban J connectivity index is 1.73. The van der Waals surface area contributed by atoms with E-state index in [2.05, 4.69) is 5.32 Å². The molecule has 1 N–H and O–H groups in total. The van der Waals surface area contributed by atoms with E-state index in [1.165, 1.54) is 49.6 Å². The molecule has 0 radical (unpaired) electrons. The van der Waals surface area contributed by atoms with Crippen LogP contribution in [-0.2, 0) is 11.3 Å². The molecule has 4 rings (SSSR count). The van der Waals surface area contributed by atoms with Crippen LogP contribution < -0.4 is 25.2 Å². The second-order valence-electron chi connectivity index (χ2n) is 9.28. The summed E-state index contributed by atoms with van der Waals surface area (Å²) in [7, 11) is 3.16. The van der Waals surface area contributed by atoms with E-state index in [1.54, 1.807) is 6.92 Å². The molecule has 41 heavy (non-hydrogen) atoms. The van der Waals surface area contributed by atoms with E-state index in [-0.39, 0.29) is 34.9 Å². The first-order valence-electron chi connectivity index (χ1n) is 12.2. The average molecular weight is 597 g/mol. The smallest absolute Gasteiger partial charge is 0.406 e. The maximum Gasteiger partial charge on any atom is 0.406 e. The molecule has 0 spiro atoms. The number of aryl methyl sites for hydroxylation is 1. The predicted octanol–water partition coefficient (Wildman–Crippen LogP) is 4.30. The van der Waals surface area contributed by atoms with Gasteiger partial charge in [-0.15, -0.1) is 0 Å². The Hall–Kier alpha value is -3.99. The number of hydrogen-bond donors (Lipinski definition) is 1. The minimum atomic E-state index is -4.69.